The van der Waals surface area contributed by atoms with E-state index in [2.05, 4.69) is 9.97 Å². The summed E-state index contributed by atoms with van der Waals surface area (Å²) in [6.45, 7) is 1.92. The topological polar surface area (TPSA) is 38.7 Å². The standard InChI is InChI=1S/C20H14FN3/c1-13-6-5-9-17(22-13)20-23-18-12-15(21)10-11-16(18)19(24-20)14-7-3-2-4-8-14/h2-12H,1H3. The average molecular weight is 315 g/mol. The summed E-state index contributed by atoms with van der Waals surface area (Å²) in [6.07, 6.45) is 0. The average Bonchev–Trinajstić information content (AvgIpc) is 2.61. The largest absolute Gasteiger partial charge is 0.250 e. The quantitative estimate of drug-likeness (QED) is 0.533. The minimum Gasteiger partial charge on any atom is -0.250 e. The van der Waals surface area contributed by atoms with Crippen LogP contribution in [0.15, 0.2) is 66.7 Å². The molecule has 0 fully saturated rings. The van der Waals surface area contributed by atoms with E-state index in [0.717, 1.165) is 22.3 Å². The van der Waals surface area contributed by atoms with Crippen LogP contribution in [0.1, 0.15) is 5.69 Å². The highest BCUT2D eigenvalue weighted by Crippen LogP contribution is 2.28. The number of halogens is 1. The molecule has 0 amide bonds. The summed E-state index contributed by atoms with van der Waals surface area (Å²) in [5.41, 5.74) is 3.88. The molecule has 116 valence electrons. The van der Waals surface area contributed by atoms with Crippen molar-refractivity contribution in [2.45, 2.75) is 6.92 Å². The summed E-state index contributed by atoms with van der Waals surface area (Å²) in [7, 11) is 0. The molecule has 0 spiro atoms. The Bertz CT molecular complexity index is 1030. The van der Waals surface area contributed by atoms with Crippen molar-refractivity contribution in [1.82, 2.24) is 15.0 Å². The van der Waals surface area contributed by atoms with Crippen LogP contribution in [0.3, 0.4) is 0 Å². The van der Waals surface area contributed by atoms with E-state index in [-0.39, 0.29) is 5.82 Å². The minimum absolute atomic E-state index is 0.316. The highest BCUT2D eigenvalue weighted by atomic mass is 19.1. The first kappa shape index (κ1) is 14.5. The van der Waals surface area contributed by atoms with Crippen LogP contribution in [0.2, 0.25) is 0 Å². The Balaban J connectivity index is 2.03. The number of aryl methyl sites for hydroxylation is 1. The second kappa shape index (κ2) is 5.81. The van der Waals surface area contributed by atoms with Gasteiger partial charge in [0.05, 0.1) is 11.2 Å². The molecule has 24 heavy (non-hydrogen) atoms. The number of pyridine rings is 1. The van der Waals surface area contributed by atoms with Crippen molar-refractivity contribution in [3.8, 4) is 22.8 Å². The van der Waals surface area contributed by atoms with Crippen molar-refractivity contribution >= 4 is 10.9 Å². The maximum atomic E-state index is 13.7. The number of hydrogen-bond acceptors (Lipinski definition) is 3. The summed E-state index contributed by atoms with van der Waals surface area (Å²) in [6, 6.07) is 20.1. The van der Waals surface area contributed by atoms with Crippen LogP contribution in [-0.2, 0) is 0 Å². The van der Waals surface area contributed by atoms with Crippen LogP contribution < -0.4 is 0 Å². The fourth-order valence-corrected chi connectivity index (χ4v) is 2.70. The van der Waals surface area contributed by atoms with Crippen LogP contribution in [0.25, 0.3) is 33.7 Å². The number of rotatable bonds is 2. The van der Waals surface area contributed by atoms with E-state index < -0.39 is 0 Å². The van der Waals surface area contributed by atoms with Crippen LogP contribution in [0.4, 0.5) is 4.39 Å². The molecule has 0 unspecified atom stereocenters. The molecule has 4 aromatic rings. The van der Waals surface area contributed by atoms with E-state index in [1.54, 1.807) is 6.07 Å². The first-order chi connectivity index (χ1) is 11.7. The lowest BCUT2D eigenvalue weighted by atomic mass is 10.1. The van der Waals surface area contributed by atoms with E-state index in [0.29, 0.717) is 17.0 Å². The van der Waals surface area contributed by atoms with Gasteiger partial charge in [0.15, 0.2) is 5.82 Å². The van der Waals surface area contributed by atoms with Gasteiger partial charge in [0, 0.05) is 22.7 Å². The normalized spacial score (nSPS) is 10.9. The van der Waals surface area contributed by atoms with Gasteiger partial charge in [-0.1, -0.05) is 36.4 Å². The van der Waals surface area contributed by atoms with E-state index in [1.807, 2.05) is 55.5 Å². The van der Waals surface area contributed by atoms with Gasteiger partial charge in [0.25, 0.3) is 0 Å². The molecule has 0 aliphatic heterocycles. The molecule has 2 heterocycles. The molecule has 2 aromatic carbocycles. The van der Waals surface area contributed by atoms with Gasteiger partial charge in [-0.25, -0.2) is 19.3 Å². The van der Waals surface area contributed by atoms with Crippen LogP contribution in [-0.4, -0.2) is 15.0 Å². The number of hydrogen-bond donors (Lipinski definition) is 0. The predicted molar refractivity (Wildman–Crippen MR) is 92.9 cm³/mol. The second-order valence-corrected chi connectivity index (χ2v) is 5.59. The molecule has 2 aromatic heterocycles. The van der Waals surface area contributed by atoms with Crippen LogP contribution in [0, 0.1) is 12.7 Å². The Morgan fingerprint density at radius 2 is 1.62 bits per heavy atom. The maximum absolute atomic E-state index is 13.7. The molecule has 0 aliphatic carbocycles. The predicted octanol–water partition coefficient (Wildman–Crippen LogP) is 4.81. The highest BCUT2D eigenvalue weighted by molar-refractivity contribution is 5.93. The third-order valence-corrected chi connectivity index (χ3v) is 3.82. The SMILES string of the molecule is Cc1cccc(-c2nc(-c3ccccc3)c3ccc(F)cc3n2)n1. The third kappa shape index (κ3) is 2.63. The maximum Gasteiger partial charge on any atom is 0.179 e. The van der Waals surface area contributed by atoms with Gasteiger partial charge in [-0.3, -0.25) is 0 Å². The molecule has 4 heteroatoms. The fourth-order valence-electron chi connectivity index (χ4n) is 2.70. The fraction of sp³-hybridized carbons (Fsp3) is 0.0500. The summed E-state index contributed by atoms with van der Waals surface area (Å²) < 4.78 is 13.7. The molecular formula is C20H14FN3. The van der Waals surface area contributed by atoms with Gasteiger partial charge >= 0.3 is 0 Å². The van der Waals surface area contributed by atoms with Crippen molar-refractivity contribution in [1.29, 1.82) is 0 Å². The molecule has 0 aliphatic rings. The number of aromatic nitrogens is 3. The van der Waals surface area contributed by atoms with Crippen molar-refractivity contribution in [2.75, 3.05) is 0 Å². The second-order valence-electron chi connectivity index (χ2n) is 5.59. The Kier molecular flexibility index (Phi) is 3.50. The lowest BCUT2D eigenvalue weighted by Gasteiger charge is -2.09. The smallest absolute Gasteiger partial charge is 0.179 e. The third-order valence-electron chi connectivity index (χ3n) is 3.82. The molecule has 3 nitrogen and oxygen atoms in total. The van der Waals surface area contributed by atoms with Gasteiger partial charge in [0.1, 0.15) is 11.5 Å². The minimum atomic E-state index is -0.316. The lowest BCUT2D eigenvalue weighted by Crippen LogP contribution is -1.97. The molecule has 0 saturated carbocycles. The number of benzene rings is 2. The Morgan fingerprint density at radius 3 is 2.42 bits per heavy atom. The highest BCUT2D eigenvalue weighted by Gasteiger charge is 2.12. The first-order valence-corrected chi connectivity index (χ1v) is 7.67. The van der Waals surface area contributed by atoms with E-state index in [9.17, 15) is 4.39 Å². The van der Waals surface area contributed by atoms with Crippen molar-refractivity contribution in [3.63, 3.8) is 0 Å². The Morgan fingerprint density at radius 1 is 0.792 bits per heavy atom. The summed E-state index contributed by atoms with van der Waals surface area (Å²) >= 11 is 0. The van der Waals surface area contributed by atoms with E-state index in [4.69, 9.17) is 4.98 Å². The van der Waals surface area contributed by atoms with Crippen LogP contribution >= 0.6 is 0 Å². The zero-order valence-corrected chi connectivity index (χ0v) is 13.1. The zero-order valence-electron chi connectivity index (χ0n) is 13.1. The molecule has 0 atom stereocenters. The first-order valence-electron chi connectivity index (χ1n) is 7.67. The van der Waals surface area contributed by atoms with Gasteiger partial charge in [-0.05, 0) is 31.2 Å². The monoisotopic (exact) mass is 315 g/mol. The molecular weight excluding hydrogens is 301 g/mol. The van der Waals surface area contributed by atoms with Crippen molar-refractivity contribution < 1.29 is 4.39 Å². The van der Waals surface area contributed by atoms with Gasteiger partial charge < -0.3 is 0 Å². The Hall–Kier alpha value is -3.14. The lowest BCUT2D eigenvalue weighted by molar-refractivity contribution is 0.629. The summed E-state index contributed by atoms with van der Waals surface area (Å²) in [5.74, 6) is 0.180. The van der Waals surface area contributed by atoms with Crippen molar-refractivity contribution in [2.24, 2.45) is 0 Å². The van der Waals surface area contributed by atoms with E-state index in [1.165, 1.54) is 12.1 Å². The molecule has 0 saturated heterocycles. The summed E-state index contributed by atoms with van der Waals surface area (Å²) in [4.78, 5) is 13.7. The molecule has 0 N–H and O–H groups in total. The van der Waals surface area contributed by atoms with E-state index >= 15 is 0 Å². The molecule has 0 radical (unpaired) electrons. The molecule has 4 rings (SSSR count). The summed E-state index contributed by atoms with van der Waals surface area (Å²) in [5, 5.41) is 0.819. The Labute approximate surface area is 138 Å². The van der Waals surface area contributed by atoms with Gasteiger partial charge in [0.2, 0.25) is 0 Å². The van der Waals surface area contributed by atoms with Gasteiger partial charge in [-0.2, -0.15) is 0 Å². The number of fused-ring (bicyclic) bond motifs is 1. The zero-order chi connectivity index (χ0) is 16.5. The van der Waals surface area contributed by atoms with Crippen LogP contribution in [0.5, 0.6) is 0 Å². The molecule has 0 bridgehead atoms. The number of nitrogens with zero attached hydrogens (tertiary/aromatic N) is 3. The van der Waals surface area contributed by atoms with Crippen molar-refractivity contribution in [3.05, 3.63) is 78.2 Å². The van der Waals surface area contributed by atoms with Gasteiger partial charge in [-0.15, -0.1) is 0 Å².